The minimum atomic E-state index is -1.42. The van der Waals surface area contributed by atoms with E-state index < -0.39 is 36.3 Å². The van der Waals surface area contributed by atoms with Crippen LogP contribution < -0.4 is 0 Å². The Morgan fingerprint density at radius 2 is 2.00 bits per heavy atom. The fourth-order valence-corrected chi connectivity index (χ4v) is 0.823. The number of aliphatic hydroxyl groups is 4. The maximum atomic E-state index is 10.5. The number of carbonyl (C=O) groups is 1. The molecule has 13 heavy (non-hydrogen) atoms. The van der Waals surface area contributed by atoms with E-state index in [0.29, 0.717) is 0 Å². The predicted octanol–water partition coefficient (Wildman–Crippen LogP) is -0.829. The molecule has 0 saturated carbocycles. The van der Waals surface area contributed by atoms with Crippen molar-refractivity contribution in [2.24, 2.45) is 0 Å². The van der Waals surface area contributed by atoms with Gasteiger partial charge in [0.15, 0.2) is 11.9 Å². The van der Waals surface area contributed by atoms with Crippen molar-refractivity contribution < 1.29 is 30.0 Å². The van der Waals surface area contributed by atoms with Crippen molar-refractivity contribution in [2.75, 3.05) is 6.61 Å². The first-order valence-electron chi connectivity index (χ1n) is 3.20. The molecule has 1 heterocycles. The average molecular weight is 257 g/mol. The largest absolute Gasteiger partial charge is 0.505 e. The van der Waals surface area contributed by atoms with Gasteiger partial charge < -0.3 is 25.2 Å². The number of rotatable bonds is 2. The van der Waals surface area contributed by atoms with Gasteiger partial charge in [0.25, 0.3) is 0 Å². The fraction of sp³-hybridized carbons (Fsp3) is 0.500. The van der Waals surface area contributed by atoms with Crippen LogP contribution in [-0.4, -0.2) is 45.2 Å². The van der Waals surface area contributed by atoms with Crippen LogP contribution in [0.4, 0.5) is 0 Å². The van der Waals surface area contributed by atoms with Crippen LogP contribution in [0, 0.1) is 0 Å². The molecule has 0 saturated heterocycles. The lowest BCUT2D eigenvalue weighted by Gasteiger charge is -2.13. The van der Waals surface area contributed by atoms with Crippen LogP contribution >= 0.6 is 17.0 Å². The van der Waals surface area contributed by atoms with Crippen LogP contribution in [0.5, 0.6) is 0 Å². The van der Waals surface area contributed by atoms with E-state index in [2.05, 4.69) is 4.74 Å². The van der Waals surface area contributed by atoms with Crippen LogP contribution in [0.15, 0.2) is 11.5 Å². The van der Waals surface area contributed by atoms with Crippen molar-refractivity contribution in [3.05, 3.63) is 11.5 Å². The lowest BCUT2D eigenvalue weighted by Crippen LogP contribution is -2.31. The molecule has 1 rings (SSSR count). The molecule has 0 fully saturated rings. The van der Waals surface area contributed by atoms with Gasteiger partial charge in [-0.2, -0.15) is 0 Å². The number of halogens is 1. The summed E-state index contributed by atoms with van der Waals surface area (Å²) in [6, 6.07) is 0. The van der Waals surface area contributed by atoms with Crippen molar-refractivity contribution in [3.8, 4) is 0 Å². The molecule has 0 unspecified atom stereocenters. The smallest absolute Gasteiger partial charge is 0.377 e. The Labute approximate surface area is 83.8 Å². The van der Waals surface area contributed by atoms with E-state index in [1.807, 2.05) is 0 Å². The van der Waals surface area contributed by atoms with Gasteiger partial charge in [-0.1, -0.05) is 0 Å². The summed E-state index contributed by atoms with van der Waals surface area (Å²) in [6.07, 6.45) is -2.78. The Balaban J connectivity index is 0.00000144. The molecule has 4 N–H and O–H groups in total. The normalized spacial score (nSPS) is 23.8. The minimum Gasteiger partial charge on any atom is -0.505 e. The number of ether oxygens (including phenoxy) is 1. The average Bonchev–Trinajstić information content (AvgIpc) is 2.32. The highest BCUT2D eigenvalue weighted by Crippen LogP contribution is 2.20. The van der Waals surface area contributed by atoms with E-state index in [0.717, 1.165) is 0 Å². The van der Waals surface area contributed by atoms with Crippen molar-refractivity contribution in [1.82, 2.24) is 0 Å². The molecule has 0 amide bonds. The van der Waals surface area contributed by atoms with Crippen molar-refractivity contribution in [1.29, 1.82) is 0 Å². The quantitative estimate of drug-likeness (QED) is 0.481. The maximum absolute atomic E-state index is 10.5. The summed E-state index contributed by atoms with van der Waals surface area (Å²) in [6.45, 7) is -0.671. The summed E-state index contributed by atoms with van der Waals surface area (Å²) in [7, 11) is 0. The topological polar surface area (TPSA) is 107 Å². The lowest BCUT2D eigenvalue weighted by molar-refractivity contribution is -0.147. The Morgan fingerprint density at radius 1 is 1.46 bits per heavy atom. The molecule has 0 bridgehead atoms. The summed E-state index contributed by atoms with van der Waals surface area (Å²) >= 11 is 0. The first-order valence-corrected chi connectivity index (χ1v) is 3.20. The van der Waals surface area contributed by atoms with E-state index in [1.165, 1.54) is 0 Å². The number of hydrogen-bond acceptors (Lipinski definition) is 6. The number of aliphatic hydroxyl groups excluding tert-OH is 4. The number of hydrogen-bond donors (Lipinski definition) is 4. The summed E-state index contributed by atoms with van der Waals surface area (Å²) < 4.78 is 4.32. The van der Waals surface area contributed by atoms with E-state index >= 15 is 0 Å². The summed E-state index contributed by atoms with van der Waals surface area (Å²) in [5, 5.41) is 35.0. The second-order valence-corrected chi connectivity index (χ2v) is 2.31. The number of carbonyl (C=O) groups excluding carboxylic acids is 1. The second kappa shape index (κ2) is 4.45. The van der Waals surface area contributed by atoms with Crippen LogP contribution in [0.1, 0.15) is 0 Å². The zero-order chi connectivity index (χ0) is 9.30. The van der Waals surface area contributed by atoms with Gasteiger partial charge in [0.05, 0.1) is 6.61 Å². The van der Waals surface area contributed by atoms with Crippen LogP contribution in [-0.2, 0) is 9.53 Å². The first-order chi connectivity index (χ1) is 5.57. The van der Waals surface area contributed by atoms with Gasteiger partial charge in [0.2, 0.25) is 5.76 Å². The van der Waals surface area contributed by atoms with E-state index in [4.69, 9.17) is 20.4 Å². The molecule has 6 nitrogen and oxygen atoms in total. The number of cyclic esters (lactones) is 1. The summed E-state index contributed by atoms with van der Waals surface area (Å²) in [5.74, 6) is -2.78. The molecule has 0 aromatic heterocycles. The molecule has 0 radical (unpaired) electrons. The summed E-state index contributed by atoms with van der Waals surface area (Å²) in [4.78, 5) is 10.5. The molecular weight excluding hydrogens is 248 g/mol. The van der Waals surface area contributed by atoms with Crippen LogP contribution in [0.2, 0.25) is 0 Å². The molecular formula is C6H9BrO6. The fourth-order valence-electron chi connectivity index (χ4n) is 0.823. The molecule has 7 heteroatoms. The third-order valence-electron chi connectivity index (χ3n) is 1.48. The monoisotopic (exact) mass is 256 g/mol. The van der Waals surface area contributed by atoms with Crippen molar-refractivity contribution >= 4 is 23.0 Å². The van der Waals surface area contributed by atoms with Gasteiger partial charge in [0.1, 0.15) is 6.10 Å². The van der Waals surface area contributed by atoms with Gasteiger partial charge >= 0.3 is 5.97 Å². The summed E-state index contributed by atoms with van der Waals surface area (Å²) in [5.41, 5.74) is 0. The second-order valence-electron chi connectivity index (χ2n) is 2.31. The molecule has 1 aliphatic rings. The molecule has 76 valence electrons. The molecule has 0 aliphatic carbocycles. The van der Waals surface area contributed by atoms with Crippen LogP contribution in [0.25, 0.3) is 0 Å². The van der Waals surface area contributed by atoms with Gasteiger partial charge in [0, 0.05) is 0 Å². The SMILES string of the molecule is Br.O=C1O[C@H]([C@H](O)CO)C(O)=C1O. The minimum absolute atomic E-state index is 0. The maximum Gasteiger partial charge on any atom is 0.377 e. The van der Waals surface area contributed by atoms with Crippen LogP contribution in [0.3, 0.4) is 0 Å². The zero-order valence-electron chi connectivity index (χ0n) is 6.38. The predicted molar refractivity (Wildman–Crippen MR) is 45.6 cm³/mol. The van der Waals surface area contributed by atoms with E-state index in [1.54, 1.807) is 0 Å². The van der Waals surface area contributed by atoms with Gasteiger partial charge in [-0.05, 0) is 0 Å². The highest BCUT2D eigenvalue weighted by Gasteiger charge is 2.38. The van der Waals surface area contributed by atoms with Gasteiger partial charge in [-0.15, -0.1) is 17.0 Å². The highest BCUT2D eigenvalue weighted by atomic mass is 79.9. The Kier molecular flexibility index (Phi) is 4.18. The molecule has 1 aliphatic heterocycles. The highest BCUT2D eigenvalue weighted by molar-refractivity contribution is 8.93. The Morgan fingerprint density at radius 3 is 2.31 bits per heavy atom. The zero-order valence-corrected chi connectivity index (χ0v) is 8.09. The Bertz CT molecular complexity index is 237. The third-order valence-corrected chi connectivity index (χ3v) is 1.48. The number of esters is 1. The lowest BCUT2D eigenvalue weighted by atomic mass is 10.2. The third kappa shape index (κ3) is 2.11. The molecule has 0 aromatic carbocycles. The molecule has 0 aromatic rings. The first kappa shape index (κ1) is 12.2. The standard InChI is InChI=1S/C6H8O6.BrH/c7-1-2(8)5-3(9)4(10)6(11)12-5;/h2,5,7-10H,1H2;1H/t2-,5-;/m1./s1. The molecule has 2 atom stereocenters. The van der Waals surface area contributed by atoms with Gasteiger partial charge in [-0.3, -0.25) is 0 Å². The van der Waals surface area contributed by atoms with E-state index in [9.17, 15) is 4.79 Å². The Hall–Kier alpha value is -0.790. The van der Waals surface area contributed by atoms with E-state index in [-0.39, 0.29) is 17.0 Å². The van der Waals surface area contributed by atoms with Crippen molar-refractivity contribution in [2.45, 2.75) is 12.2 Å². The van der Waals surface area contributed by atoms with Gasteiger partial charge in [-0.25, -0.2) is 4.79 Å². The van der Waals surface area contributed by atoms with Crippen molar-refractivity contribution in [3.63, 3.8) is 0 Å². The molecule has 0 spiro atoms.